The summed E-state index contributed by atoms with van der Waals surface area (Å²) in [4.78, 5) is 10.7. The van der Waals surface area contributed by atoms with E-state index in [0.29, 0.717) is 5.71 Å². The highest BCUT2D eigenvalue weighted by Crippen LogP contribution is 2.25. The molecule has 1 aliphatic rings. The van der Waals surface area contributed by atoms with Gasteiger partial charge in [-0.2, -0.15) is 0 Å². The minimum absolute atomic E-state index is 0.0492. The number of rotatable bonds is 2. The van der Waals surface area contributed by atoms with Gasteiger partial charge in [0.15, 0.2) is 5.78 Å². The number of hydrogen-bond donors (Lipinski definition) is 1. The molecule has 0 bridgehead atoms. The van der Waals surface area contributed by atoms with Gasteiger partial charge in [-0.3, -0.25) is 4.79 Å². The van der Waals surface area contributed by atoms with Crippen molar-refractivity contribution in [2.75, 3.05) is 0 Å². The number of hydrogen-bond acceptors (Lipinski definition) is 2. The summed E-state index contributed by atoms with van der Waals surface area (Å²) in [6.07, 6.45) is 4.50. The van der Waals surface area contributed by atoms with Crippen molar-refractivity contribution in [2.45, 2.75) is 32.6 Å². The summed E-state index contributed by atoms with van der Waals surface area (Å²) in [5.74, 6) is 0.240. The number of carbonyl (C=O) groups excluding carboxylic acids is 1. The first-order valence-corrected chi connectivity index (χ1v) is 3.81. The van der Waals surface area contributed by atoms with Gasteiger partial charge in [0.2, 0.25) is 0 Å². The molecule has 0 aromatic carbocycles. The molecule has 0 saturated heterocycles. The summed E-state index contributed by atoms with van der Waals surface area (Å²) in [6.45, 7) is 1.49. The van der Waals surface area contributed by atoms with E-state index in [1.807, 2.05) is 0 Å². The van der Waals surface area contributed by atoms with E-state index in [2.05, 4.69) is 0 Å². The van der Waals surface area contributed by atoms with Gasteiger partial charge in [0.1, 0.15) is 0 Å². The molecule has 0 aromatic heterocycles. The summed E-state index contributed by atoms with van der Waals surface area (Å²) in [5.41, 5.74) is 0.345. The third kappa shape index (κ3) is 1.43. The minimum Gasteiger partial charge on any atom is -0.301 e. The van der Waals surface area contributed by atoms with Gasteiger partial charge in [-0.1, -0.05) is 12.8 Å². The van der Waals surface area contributed by atoms with E-state index in [9.17, 15) is 4.79 Å². The first-order chi connectivity index (χ1) is 4.72. The maximum atomic E-state index is 10.7. The van der Waals surface area contributed by atoms with Crippen LogP contribution in [0.15, 0.2) is 0 Å². The minimum atomic E-state index is -0.0492. The van der Waals surface area contributed by atoms with Crippen LogP contribution < -0.4 is 0 Å². The molecule has 56 valence electrons. The van der Waals surface area contributed by atoms with Crippen LogP contribution in [-0.4, -0.2) is 11.5 Å². The predicted molar refractivity (Wildman–Crippen MR) is 40.4 cm³/mol. The highest BCUT2D eigenvalue weighted by molar-refractivity contribution is 6.38. The summed E-state index contributed by atoms with van der Waals surface area (Å²) >= 11 is 0. The molecule has 0 atom stereocenters. The van der Waals surface area contributed by atoms with Crippen molar-refractivity contribution in [1.82, 2.24) is 0 Å². The monoisotopic (exact) mass is 139 g/mol. The Balaban J connectivity index is 2.48. The van der Waals surface area contributed by atoms with E-state index in [4.69, 9.17) is 5.41 Å². The third-order valence-corrected chi connectivity index (χ3v) is 2.14. The molecule has 1 saturated carbocycles. The van der Waals surface area contributed by atoms with Crippen molar-refractivity contribution < 1.29 is 4.79 Å². The second-order valence-corrected chi connectivity index (χ2v) is 2.95. The lowest BCUT2D eigenvalue weighted by Crippen LogP contribution is -2.17. The van der Waals surface area contributed by atoms with Crippen LogP contribution in [0.3, 0.4) is 0 Å². The molecule has 1 rings (SSSR count). The molecule has 0 spiro atoms. The fraction of sp³-hybridized carbons (Fsp3) is 0.750. The Labute approximate surface area is 61.1 Å². The Hall–Kier alpha value is -0.660. The molecular weight excluding hydrogens is 126 g/mol. The van der Waals surface area contributed by atoms with Crippen LogP contribution in [0.1, 0.15) is 32.6 Å². The van der Waals surface area contributed by atoms with E-state index in [1.165, 1.54) is 19.8 Å². The van der Waals surface area contributed by atoms with Crippen LogP contribution in [0.25, 0.3) is 0 Å². The summed E-state index contributed by atoms with van der Waals surface area (Å²) in [6, 6.07) is 0. The smallest absolute Gasteiger partial charge is 0.173 e. The molecule has 0 radical (unpaired) electrons. The zero-order valence-corrected chi connectivity index (χ0v) is 6.31. The summed E-state index contributed by atoms with van der Waals surface area (Å²) < 4.78 is 0. The number of Topliss-reactive ketones (excluding diaryl/α,β-unsaturated/α-hetero) is 1. The van der Waals surface area contributed by atoms with Crippen molar-refractivity contribution in [3.05, 3.63) is 0 Å². The Kier molecular flexibility index (Phi) is 2.20. The first kappa shape index (κ1) is 7.45. The topological polar surface area (TPSA) is 40.9 Å². The maximum Gasteiger partial charge on any atom is 0.173 e. The van der Waals surface area contributed by atoms with Gasteiger partial charge in [0, 0.05) is 12.8 Å². The number of carbonyl (C=O) groups is 1. The van der Waals surface area contributed by atoms with Gasteiger partial charge >= 0.3 is 0 Å². The average Bonchev–Trinajstić information content (AvgIpc) is 2.36. The van der Waals surface area contributed by atoms with Crippen LogP contribution >= 0.6 is 0 Å². The van der Waals surface area contributed by atoms with Crippen molar-refractivity contribution in [2.24, 2.45) is 5.92 Å². The zero-order chi connectivity index (χ0) is 7.56. The lowest BCUT2D eigenvalue weighted by atomic mass is 9.99. The average molecular weight is 139 g/mol. The second kappa shape index (κ2) is 2.95. The van der Waals surface area contributed by atoms with Crippen LogP contribution in [-0.2, 0) is 4.79 Å². The normalized spacial score (nSPS) is 19.3. The van der Waals surface area contributed by atoms with E-state index < -0.39 is 0 Å². The van der Waals surface area contributed by atoms with E-state index in [0.717, 1.165) is 12.8 Å². The van der Waals surface area contributed by atoms with Gasteiger partial charge in [0.25, 0.3) is 0 Å². The molecule has 0 aliphatic heterocycles. The van der Waals surface area contributed by atoms with Crippen LogP contribution in [0, 0.1) is 11.3 Å². The van der Waals surface area contributed by atoms with Crippen LogP contribution in [0.5, 0.6) is 0 Å². The van der Waals surface area contributed by atoms with Crippen molar-refractivity contribution in [3.8, 4) is 0 Å². The summed E-state index contributed by atoms with van der Waals surface area (Å²) in [7, 11) is 0. The third-order valence-electron chi connectivity index (χ3n) is 2.14. The van der Waals surface area contributed by atoms with Gasteiger partial charge in [-0.05, 0) is 12.8 Å². The van der Waals surface area contributed by atoms with Crippen LogP contribution in [0.2, 0.25) is 0 Å². The van der Waals surface area contributed by atoms with Gasteiger partial charge < -0.3 is 5.41 Å². The largest absolute Gasteiger partial charge is 0.301 e. The highest BCUT2D eigenvalue weighted by atomic mass is 16.1. The van der Waals surface area contributed by atoms with Gasteiger partial charge in [-0.25, -0.2) is 0 Å². The van der Waals surface area contributed by atoms with Gasteiger partial charge in [0.05, 0.1) is 5.71 Å². The Morgan fingerprint density at radius 2 is 1.90 bits per heavy atom. The Morgan fingerprint density at radius 1 is 1.40 bits per heavy atom. The van der Waals surface area contributed by atoms with E-state index >= 15 is 0 Å². The van der Waals surface area contributed by atoms with Crippen LogP contribution in [0.4, 0.5) is 0 Å². The lowest BCUT2D eigenvalue weighted by molar-refractivity contribution is -0.111. The Bertz CT molecular complexity index is 157. The molecule has 0 unspecified atom stereocenters. The lowest BCUT2D eigenvalue weighted by Gasteiger charge is -2.05. The molecule has 0 heterocycles. The molecule has 0 aromatic rings. The SMILES string of the molecule is CC(=O)C(=N)C1CCCC1. The Morgan fingerprint density at radius 3 is 2.30 bits per heavy atom. The maximum absolute atomic E-state index is 10.7. The molecule has 2 heteroatoms. The predicted octanol–water partition coefficient (Wildman–Crippen LogP) is 1.79. The molecule has 0 amide bonds. The fourth-order valence-corrected chi connectivity index (χ4v) is 1.50. The standard InChI is InChI=1S/C8H13NO/c1-6(10)8(9)7-4-2-3-5-7/h7,9H,2-5H2,1H3. The van der Waals surface area contributed by atoms with E-state index in [1.54, 1.807) is 0 Å². The molecule has 10 heavy (non-hydrogen) atoms. The van der Waals surface area contributed by atoms with Gasteiger partial charge in [-0.15, -0.1) is 0 Å². The first-order valence-electron chi connectivity index (χ1n) is 3.81. The highest BCUT2D eigenvalue weighted by Gasteiger charge is 2.21. The van der Waals surface area contributed by atoms with E-state index in [-0.39, 0.29) is 11.7 Å². The quantitative estimate of drug-likeness (QED) is 0.582. The summed E-state index contributed by atoms with van der Waals surface area (Å²) in [5, 5.41) is 7.39. The molecule has 1 N–H and O–H groups in total. The molecular formula is C8H13NO. The number of nitrogens with one attached hydrogen (secondary N) is 1. The van der Waals surface area contributed by atoms with Crippen molar-refractivity contribution >= 4 is 11.5 Å². The molecule has 2 nitrogen and oxygen atoms in total. The van der Waals surface area contributed by atoms with Crippen molar-refractivity contribution in [3.63, 3.8) is 0 Å². The van der Waals surface area contributed by atoms with Crippen molar-refractivity contribution in [1.29, 1.82) is 5.41 Å². The molecule has 1 aliphatic carbocycles. The fourth-order valence-electron chi connectivity index (χ4n) is 1.50. The molecule has 1 fully saturated rings. The number of ketones is 1. The second-order valence-electron chi connectivity index (χ2n) is 2.95. The zero-order valence-electron chi connectivity index (χ0n) is 6.31.